The summed E-state index contributed by atoms with van der Waals surface area (Å²) in [4.78, 5) is 23.7. The fraction of sp³-hybridized carbons (Fsp3) is 0.118. The van der Waals surface area contributed by atoms with E-state index in [2.05, 4.69) is 10.1 Å². The van der Waals surface area contributed by atoms with Crippen LogP contribution in [0, 0.1) is 11.3 Å². The van der Waals surface area contributed by atoms with Crippen LogP contribution in [0.15, 0.2) is 42.5 Å². The Morgan fingerprint density at radius 1 is 1.23 bits per heavy atom. The number of carbonyl (C=O) groups excluding carboxylic acids is 2. The molecule has 0 aromatic heterocycles. The summed E-state index contributed by atoms with van der Waals surface area (Å²) in [6, 6.07) is 11.2. The van der Waals surface area contributed by atoms with Crippen LogP contribution in [0.25, 0.3) is 0 Å². The Balaban J connectivity index is 1.92. The van der Waals surface area contributed by atoms with Crippen LogP contribution in [-0.2, 0) is 9.53 Å². The van der Waals surface area contributed by atoms with Crippen molar-refractivity contribution in [2.45, 2.75) is 6.61 Å². The molecule has 0 bridgehead atoms. The zero-order valence-corrected chi connectivity index (χ0v) is 13.8. The summed E-state index contributed by atoms with van der Waals surface area (Å²) in [5.74, 6) is -1.72. The van der Waals surface area contributed by atoms with Crippen molar-refractivity contribution in [1.29, 1.82) is 5.26 Å². The molecule has 0 aliphatic rings. The lowest BCUT2D eigenvalue weighted by atomic mass is 10.2. The Bertz CT molecular complexity index is 868. The molecule has 6 nitrogen and oxygen atoms in total. The summed E-state index contributed by atoms with van der Waals surface area (Å²) in [5.41, 5.74) is 0.529. The number of rotatable bonds is 6. The Labute approximate surface area is 151 Å². The van der Waals surface area contributed by atoms with Crippen molar-refractivity contribution in [2.24, 2.45) is 0 Å². The molecule has 0 radical (unpaired) electrons. The molecule has 0 fully saturated rings. The number of anilines is 1. The van der Waals surface area contributed by atoms with Gasteiger partial charge in [0.2, 0.25) is 0 Å². The molecule has 1 amide bonds. The first-order valence-corrected chi connectivity index (χ1v) is 7.48. The Morgan fingerprint density at radius 3 is 2.65 bits per heavy atom. The molecule has 2 aromatic carbocycles. The number of alkyl halides is 2. The van der Waals surface area contributed by atoms with Crippen LogP contribution in [-0.4, -0.2) is 25.1 Å². The highest BCUT2D eigenvalue weighted by Gasteiger charge is 2.13. The van der Waals surface area contributed by atoms with Crippen LogP contribution in [0.4, 0.5) is 14.5 Å². The summed E-state index contributed by atoms with van der Waals surface area (Å²) in [6.07, 6.45) is 0. The van der Waals surface area contributed by atoms with Gasteiger partial charge in [0.15, 0.2) is 6.61 Å². The van der Waals surface area contributed by atoms with Crippen LogP contribution in [0.2, 0.25) is 5.02 Å². The van der Waals surface area contributed by atoms with Gasteiger partial charge in [-0.3, -0.25) is 4.79 Å². The summed E-state index contributed by atoms with van der Waals surface area (Å²) < 4.78 is 33.3. The standard InChI is InChI=1S/C17H11ClF2N2O4/c18-14-7-12(5-4-11(14)8-21)22-15(23)9-25-16(24)10-2-1-3-13(6-10)26-17(19)20/h1-7,17H,9H2,(H,22,23). The summed E-state index contributed by atoms with van der Waals surface area (Å²) in [7, 11) is 0. The summed E-state index contributed by atoms with van der Waals surface area (Å²) >= 11 is 5.85. The van der Waals surface area contributed by atoms with Gasteiger partial charge < -0.3 is 14.8 Å². The molecule has 0 unspecified atom stereocenters. The number of benzene rings is 2. The van der Waals surface area contributed by atoms with Crippen LogP contribution >= 0.6 is 11.6 Å². The van der Waals surface area contributed by atoms with Crippen LogP contribution < -0.4 is 10.1 Å². The van der Waals surface area contributed by atoms with Crippen molar-refractivity contribution >= 4 is 29.2 Å². The molecular weight excluding hydrogens is 370 g/mol. The maximum atomic E-state index is 12.2. The molecule has 0 saturated carbocycles. The molecule has 2 aromatic rings. The Hall–Kier alpha value is -3.18. The molecule has 0 aliphatic carbocycles. The maximum absolute atomic E-state index is 12.2. The fourth-order valence-electron chi connectivity index (χ4n) is 1.89. The van der Waals surface area contributed by atoms with E-state index in [4.69, 9.17) is 21.6 Å². The number of nitrogens with one attached hydrogen (secondary N) is 1. The molecule has 0 aliphatic heterocycles. The average molecular weight is 381 g/mol. The van der Waals surface area contributed by atoms with E-state index >= 15 is 0 Å². The molecular formula is C17H11ClF2N2O4. The topological polar surface area (TPSA) is 88.4 Å². The molecule has 9 heteroatoms. The lowest BCUT2D eigenvalue weighted by Crippen LogP contribution is -2.21. The number of nitriles is 1. The number of esters is 1. The van der Waals surface area contributed by atoms with Gasteiger partial charge in [-0.05, 0) is 36.4 Å². The molecule has 0 saturated heterocycles. The minimum absolute atomic E-state index is 0.0441. The third-order valence-electron chi connectivity index (χ3n) is 3.00. The molecule has 0 heterocycles. The smallest absolute Gasteiger partial charge is 0.387 e. The van der Waals surface area contributed by atoms with E-state index in [0.717, 1.165) is 6.07 Å². The van der Waals surface area contributed by atoms with Gasteiger partial charge in [-0.25, -0.2) is 4.79 Å². The van der Waals surface area contributed by atoms with Crippen molar-refractivity contribution in [3.8, 4) is 11.8 Å². The number of ether oxygens (including phenoxy) is 2. The van der Waals surface area contributed by atoms with E-state index < -0.39 is 25.1 Å². The largest absolute Gasteiger partial charge is 0.452 e. The lowest BCUT2D eigenvalue weighted by molar-refractivity contribution is -0.119. The SMILES string of the molecule is N#Cc1ccc(NC(=O)COC(=O)c2cccc(OC(F)F)c2)cc1Cl. The quantitative estimate of drug-likeness (QED) is 0.773. The highest BCUT2D eigenvalue weighted by Crippen LogP contribution is 2.20. The first-order valence-electron chi connectivity index (χ1n) is 7.10. The second-order valence-electron chi connectivity index (χ2n) is 4.84. The van der Waals surface area contributed by atoms with Gasteiger partial charge in [-0.2, -0.15) is 14.0 Å². The zero-order chi connectivity index (χ0) is 19.1. The van der Waals surface area contributed by atoms with E-state index in [0.29, 0.717) is 5.69 Å². The lowest BCUT2D eigenvalue weighted by Gasteiger charge is -2.08. The Morgan fingerprint density at radius 2 is 2.00 bits per heavy atom. The third-order valence-corrected chi connectivity index (χ3v) is 3.32. The highest BCUT2D eigenvalue weighted by atomic mass is 35.5. The van der Waals surface area contributed by atoms with E-state index in [1.807, 2.05) is 6.07 Å². The number of hydrogen-bond acceptors (Lipinski definition) is 5. The van der Waals surface area contributed by atoms with Gasteiger partial charge in [-0.15, -0.1) is 0 Å². The average Bonchev–Trinajstić information content (AvgIpc) is 2.59. The van der Waals surface area contributed by atoms with Gasteiger partial charge in [-0.1, -0.05) is 17.7 Å². The number of amides is 1. The predicted molar refractivity (Wildman–Crippen MR) is 88.2 cm³/mol. The number of halogens is 3. The van der Waals surface area contributed by atoms with Gasteiger partial charge >= 0.3 is 12.6 Å². The van der Waals surface area contributed by atoms with Crippen molar-refractivity contribution in [3.05, 3.63) is 58.6 Å². The minimum atomic E-state index is -3.02. The molecule has 134 valence electrons. The predicted octanol–water partition coefficient (Wildman–Crippen LogP) is 3.61. The van der Waals surface area contributed by atoms with Crippen LogP contribution in [0.5, 0.6) is 5.75 Å². The monoisotopic (exact) mass is 380 g/mol. The molecule has 2 rings (SSSR count). The maximum Gasteiger partial charge on any atom is 0.387 e. The summed E-state index contributed by atoms with van der Waals surface area (Å²) in [5, 5.41) is 11.4. The Kier molecular flexibility index (Phi) is 6.47. The first kappa shape index (κ1) is 19.1. The van der Waals surface area contributed by atoms with Crippen molar-refractivity contribution < 1.29 is 27.8 Å². The van der Waals surface area contributed by atoms with E-state index in [1.165, 1.54) is 36.4 Å². The molecule has 26 heavy (non-hydrogen) atoms. The van der Waals surface area contributed by atoms with Crippen LogP contribution in [0.3, 0.4) is 0 Å². The van der Waals surface area contributed by atoms with Gasteiger partial charge in [0.1, 0.15) is 11.8 Å². The third kappa shape index (κ3) is 5.43. The normalized spacial score (nSPS) is 10.1. The minimum Gasteiger partial charge on any atom is -0.452 e. The zero-order valence-electron chi connectivity index (χ0n) is 13.0. The number of nitrogens with zero attached hydrogens (tertiary/aromatic N) is 1. The fourth-order valence-corrected chi connectivity index (χ4v) is 2.12. The second kappa shape index (κ2) is 8.78. The molecule has 0 spiro atoms. The van der Waals surface area contributed by atoms with E-state index in [-0.39, 0.29) is 21.9 Å². The van der Waals surface area contributed by atoms with Crippen molar-refractivity contribution in [1.82, 2.24) is 0 Å². The van der Waals surface area contributed by atoms with Gasteiger partial charge in [0.25, 0.3) is 5.91 Å². The second-order valence-corrected chi connectivity index (χ2v) is 5.24. The summed E-state index contributed by atoms with van der Waals surface area (Å²) in [6.45, 7) is -3.62. The van der Waals surface area contributed by atoms with Gasteiger partial charge in [0, 0.05) is 5.69 Å². The van der Waals surface area contributed by atoms with Crippen molar-refractivity contribution in [3.63, 3.8) is 0 Å². The molecule has 0 atom stereocenters. The van der Waals surface area contributed by atoms with E-state index in [1.54, 1.807) is 0 Å². The number of carbonyl (C=O) groups is 2. The van der Waals surface area contributed by atoms with E-state index in [9.17, 15) is 18.4 Å². The van der Waals surface area contributed by atoms with Crippen LogP contribution in [0.1, 0.15) is 15.9 Å². The number of hydrogen-bond donors (Lipinski definition) is 1. The molecule has 1 N–H and O–H groups in total. The van der Waals surface area contributed by atoms with Gasteiger partial charge in [0.05, 0.1) is 16.1 Å². The highest BCUT2D eigenvalue weighted by molar-refractivity contribution is 6.32. The first-order chi connectivity index (χ1) is 12.4. The van der Waals surface area contributed by atoms with Crippen molar-refractivity contribution in [2.75, 3.05) is 11.9 Å².